The highest BCUT2D eigenvalue weighted by molar-refractivity contribution is 4.98. The van der Waals surface area contributed by atoms with Gasteiger partial charge in [0.1, 0.15) is 5.60 Å². The average molecular weight is 215 g/mol. The molecule has 1 rings (SSSR count). The van der Waals surface area contributed by atoms with Crippen LogP contribution in [0.5, 0.6) is 0 Å². The molecule has 14 heavy (non-hydrogen) atoms. The van der Waals surface area contributed by atoms with E-state index in [0.29, 0.717) is 0 Å². The van der Waals surface area contributed by atoms with Crippen LogP contribution in [0.25, 0.3) is 0 Å². The van der Waals surface area contributed by atoms with E-state index in [0.717, 1.165) is 0 Å². The highest BCUT2D eigenvalue weighted by Gasteiger charge is 2.55. The van der Waals surface area contributed by atoms with Gasteiger partial charge in [-0.2, -0.15) is 0 Å². The Balaban J connectivity index is 2.71. The monoisotopic (exact) mass is 215 g/mol. The summed E-state index contributed by atoms with van der Waals surface area (Å²) in [5.74, 6) is -6.42. The zero-order valence-corrected chi connectivity index (χ0v) is 7.57. The predicted octanol–water partition coefficient (Wildman–Crippen LogP) is 1.52. The van der Waals surface area contributed by atoms with Gasteiger partial charge in [0, 0.05) is 12.8 Å². The second-order valence-electron chi connectivity index (χ2n) is 3.80. The van der Waals surface area contributed by atoms with E-state index in [2.05, 4.69) is 0 Å². The quantitative estimate of drug-likeness (QED) is 0.686. The van der Waals surface area contributed by atoms with Crippen LogP contribution in [0.15, 0.2) is 0 Å². The Kier molecular flexibility index (Phi) is 2.80. The Bertz CT molecular complexity index is 209. The minimum absolute atomic E-state index is 0.607. The average Bonchev–Trinajstić information content (AvgIpc) is 2.10. The van der Waals surface area contributed by atoms with Crippen molar-refractivity contribution >= 4 is 0 Å². The number of aliphatic hydroxyl groups is 1. The zero-order valence-electron chi connectivity index (χ0n) is 7.57. The van der Waals surface area contributed by atoms with Crippen molar-refractivity contribution in [1.82, 2.24) is 0 Å². The van der Waals surface area contributed by atoms with Gasteiger partial charge in [-0.1, -0.05) is 0 Å². The van der Waals surface area contributed by atoms with Crippen LogP contribution in [-0.4, -0.2) is 29.1 Å². The number of nitrogens with two attached hydrogens (primary N) is 1. The lowest BCUT2D eigenvalue weighted by Crippen LogP contribution is -2.55. The third kappa shape index (κ3) is 2.00. The first-order valence-corrected chi connectivity index (χ1v) is 4.41. The van der Waals surface area contributed by atoms with Gasteiger partial charge in [0.15, 0.2) is 0 Å². The zero-order chi connectivity index (χ0) is 11.0. The Morgan fingerprint density at radius 2 is 1.57 bits per heavy atom. The topological polar surface area (TPSA) is 46.2 Å². The normalized spacial score (nSPS) is 26.1. The molecular weight excluding hydrogens is 202 g/mol. The van der Waals surface area contributed by atoms with E-state index in [4.69, 9.17) is 5.73 Å². The van der Waals surface area contributed by atoms with E-state index < -0.39 is 49.7 Å². The number of hydrogen-bond acceptors (Lipinski definition) is 2. The van der Waals surface area contributed by atoms with E-state index in [1.807, 2.05) is 0 Å². The summed E-state index contributed by atoms with van der Waals surface area (Å²) < 4.78 is 51.4. The van der Waals surface area contributed by atoms with Gasteiger partial charge >= 0.3 is 0 Å². The van der Waals surface area contributed by atoms with Crippen LogP contribution < -0.4 is 5.73 Å². The second kappa shape index (κ2) is 3.34. The van der Waals surface area contributed by atoms with E-state index in [1.54, 1.807) is 0 Å². The van der Waals surface area contributed by atoms with Crippen molar-refractivity contribution in [2.45, 2.75) is 43.1 Å². The van der Waals surface area contributed by atoms with Crippen molar-refractivity contribution in [1.29, 1.82) is 0 Å². The fraction of sp³-hybridized carbons (Fsp3) is 1.00. The SMILES string of the molecule is NCC(F)(F)C1(O)CCC(F)(F)CC1. The number of halogens is 4. The van der Waals surface area contributed by atoms with Crippen molar-refractivity contribution in [3.8, 4) is 0 Å². The summed E-state index contributed by atoms with van der Waals surface area (Å²) in [5, 5.41) is 9.47. The lowest BCUT2D eigenvalue weighted by molar-refractivity contribution is -0.213. The Hall–Kier alpha value is -0.360. The molecule has 0 heterocycles. The maximum Gasteiger partial charge on any atom is 0.288 e. The lowest BCUT2D eigenvalue weighted by atomic mass is 9.78. The van der Waals surface area contributed by atoms with Crippen molar-refractivity contribution < 1.29 is 22.7 Å². The maximum atomic E-state index is 13.1. The van der Waals surface area contributed by atoms with Gasteiger partial charge in [-0.05, 0) is 12.8 Å². The molecule has 1 aliphatic rings. The molecule has 2 nitrogen and oxygen atoms in total. The standard InChI is InChI=1S/C8H13F4NO/c9-7(10)3-1-6(14,2-4-7)8(11,12)5-13/h14H,1-5,13H2. The highest BCUT2D eigenvalue weighted by Crippen LogP contribution is 2.45. The van der Waals surface area contributed by atoms with Crippen molar-refractivity contribution in [2.24, 2.45) is 5.73 Å². The molecule has 0 saturated heterocycles. The molecule has 0 spiro atoms. The van der Waals surface area contributed by atoms with Crippen LogP contribution in [0.3, 0.4) is 0 Å². The molecule has 0 aliphatic heterocycles. The number of alkyl halides is 4. The molecule has 0 amide bonds. The molecule has 6 heteroatoms. The molecule has 0 unspecified atom stereocenters. The second-order valence-corrected chi connectivity index (χ2v) is 3.80. The van der Waals surface area contributed by atoms with Crippen molar-refractivity contribution in [2.75, 3.05) is 6.54 Å². The first-order valence-electron chi connectivity index (χ1n) is 4.41. The molecule has 1 fully saturated rings. The highest BCUT2D eigenvalue weighted by atomic mass is 19.3. The molecular formula is C8H13F4NO. The summed E-state index contributed by atoms with van der Waals surface area (Å²) in [7, 11) is 0. The molecule has 3 N–H and O–H groups in total. The van der Waals surface area contributed by atoms with Crippen molar-refractivity contribution in [3.05, 3.63) is 0 Å². The summed E-state index contributed by atoms with van der Waals surface area (Å²) in [6.07, 6.45) is -2.63. The van der Waals surface area contributed by atoms with E-state index in [-0.39, 0.29) is 0 Å². The largest absolute Gasteiger partial charge is 0.384 e. The molecule has 0 atom stereocenters. The van der Waals surface area contributed by atoms with Crippen LogP contribution >= 0.6 is 0 Å². The van der Waals surface area contributed by atoms with Gasteiger partial charge in [0.25, 0.3) is 5.92 Å². The van der Waals surface area contributed by atoms with Gasteiger partial charge < -0.3 is 10.8 Å². The fourth-order valence-electron chi connectivity index (χ4n) is 1.59. The summed E-state index contributed by atoms with van der Waals surface area (Å²) >= 11 is 0. The summed E-state index contributed by atoms with van der Waals surface area (Å²) in [4.78, 5) is 0. The predicted molar refractivity (Wildman–Crippen MR) is 42.4 cm³/mol. The van der Waals surface area contributed by atoms with Gasteiger partial charge in [0.2, 0.25) is 5.92 Å². The van der Waals surface area contributed by atoms with Gasteiger partial charge in [-0.15, -0.1) is 0 Å². The Labute approximate surface area is 79.1 Å². The molecule has 84 valence electrons. The van der Waals surface area contributed by atoms with Crippen LogP contribution in [-0.2, 0) is 0 Å². The molecule has 1 aliphatic carbocycles. The molecule has 0 aromatic carbocycles. The number of hydrogen-bond donors (Lipinski definition) is 2. The summed E-state index contributed by atoms with van der Waals surface area (Å²) in [5.41, 5.74) is 2.43. The molecule has 0 radical (unpaired) electrons. The van der Waals surface area contributed by atoms with E-state index in [1.165, 1.54) is 0 Å². The number of rotatable bonds is 2. The first kappa shape index (κ1) is 11.7. The summed E-state index contributed by atoms with van der Waals surface area (Å²) in [6, 6.07) is 0. The molecule has 0 aromatic heterocycles. The van der Waals surface area contributed by atoms with E-state index in [9.17, 15) is 22.7 Å². The Morgan fingerprint density at radius 1 is 1.14 bits per heavy atom. The van der Waals surface area contributed by atoms with Crippen LogP contribution in [0, 0.1) is 0 Å². The Morgan fingerprint density at radius 3 is 1.93 bits per heavy atom. The first-order chi connectivity index (χ1) is 6.22. The van der Waals surface area contributed by atoms with Crippen LogP contribution in [0.2, 0.25) is 0 Å². The van der Waals surface area contributed by atoms with Gasteiger partial charge in [-0.25, -0.2) is 17.6 Å². The van der Waals surface area contributed by atoms with Crippen LogP contribution in [0.1, 0.15) is 25.7 Å². The van der Waals surface area contributed by atoms with Crippen LogP contribution in [0.4, 0.5) is 17.6 Å². The van der Waals surface area contributed by atoms with E-state index >= 15 is 0 Å². The third-order valence-corrected chi connectivity index (χ3v) is 2.75. The maximum absolute atomic E-state index is 13.1. The molecule has 1 saturated carbocycles. The van der Waals surface area contributed by atoms with Gasteiger partial charge in [0.05, 0.1) is 6.54 Å². The van der Waals surface area contributed by atoms with Gasteiger partial charge in [-0.3, -0.25) is 0 Å². The van der Waals surface area contributed by atoms with Crippen molar-refractivity contribution in [3.63, 3.8) is 0 Å². The molecule has 0 aromatic rings. The molecule has 0 bridgehead atoms. The smallest absolute Gasteiger partial charge is 0.288 e. The fourth-order valence-corrected chi connectivity index (χ4v) is 1.59. The lowest BCUT2D eigenvalue weighted by Gasteiger charge is -2.40. The third-order valence-electron chi connectivity index (χ3n) is 2.75. The minimum Gasteiger partial charge on any atom is -0.384 e. The summed E-state index contributed by atoms with van der Waals surface area (Å²) in [6.45, 7) is -1.02. The minimum atomic E-state index is -3.48.